The number of rotatable bonds is 11. The van der Waals surface area contributed by atoms with Gasteiger partial charge in [-0.2, -0.15) is 0 Å². The molecule has 0 bridgehead atoms. The molecule has 5 rings (SSSR count). The fraction of sp³-hybridized carbons (Fsp3) is 0.281. The van der Waals surface area contributed by atoms with Crippen molar-refractivity contribution in [3.05, 3.63) is 94.6 Å². The lowest BCUT2D eigenvalue weighted by Gasteiger charge is -2.30. The first-order chi connectivity index (χ1) is 20.9. The van der Waals surface area contributed by atoms with E-state index in [0.29, 0.717) is 55.3 Å². The predicted octanol–water partition coefficient (Wildman–Crippen LogP) is 5.66. The van der Waals surface area contributed by atoms with Crippen molar-refractivity contribution in [3.63, 3.8) is 0 Å². The Labute approximate surface area is 260 Å². The molecule has 4 aromatic rings. The summed E-state index contributed by atoms with van der Waals surface area (Å²) in [6, 6.07) is 22.0. The van der Waals surface area contributed by atoms with Gasteiger partial charge >= 0.3 is 0 Å². The molecule has 9 nitrogen and oxygen atoms in total. The van der Waals surface area contributed by atoms with Gasteiger partial charge < -0.3 is 14.4 Å². The van der Waals surface area contributed by atoms with Crippen LogP contribution in [0.1, 0.15) is 17.3 Å². The first-order valence-corrected chi connectivity index (χ1v) is 14.9. The second-order valence-electron chi connectivity index (χ2n) is 9.97. The number of halogens is 2. The molecule has 1 N–H and O–H groups in total. The lowest BCUT2D eigenvalue weighted by molar-refractivity contribution is -0.117. The molecule has 0 spiro atoms. The van der Waals surface area contributed by atoms with E-state index in [0.717, 1.165) is 24.3 Å². The number of nitrogens with one attached hydrogen (secondary N) is 1. The van der Waals surface area contributed by atoms with Crippen molar-refractivity contribution in [3.8, 4) is 22.7 Å². The molecule has 1 saturated heterocycles. The number of anilines is 1. The van der Waals surface area contributed by atoms with Crippen LogP contribution in [-0.4, -0.2) is 83.7 Å². The smallest absolute Gasteiger partial charge is 0.255 e. The Morgan fingerprint density at radius 3 is 2.56 bits per heavy atom. The molecule has 1 fully saturated rings. The van der Waals surface area contributed by atoms with Gasteiger partial charge in [-0.05, 0) is 37.3 Å². The van der Waals surface area contributed by atoms with Crippen molar-refractivity contribution in [2.24, 2.45) is 0 Å². The number of aromatic nitrogens is 2. The zero-order valence-corrected chi connectivity index (χ0v) is 25.4. The van der Waals surface area contributed by atoms with Gasteiger partial charge in [0.1, 0.15) is 12.3 Å². The fourth-order valence-corrected chi connectivity index (χ4v) is 5.30. The van der Waals surface area contributed by atoms with Gasteiger partial charge in [-0.25, -0.2) is 4.98 Å². The maximum atomic E-state index is 13.7. The molecule has 43 heavy (non-hydrogen) atoms. The molecular formula is C32H33Cl2N5O4. The molecule has 11 heteroatoms. The van der Waals surface area contributed by atoms with Gasteiger partial charge in [-0.15, -0.1) is 0 Å². The minimum atomic E-state index is -0.396. The van der Waals surface area contributed by atoms with Crippen LogP contribution in [0.15, 0.2) is 79.0 Å². The molecule has 0 radical (unpaired) electrons. The number of carbonyl (C=O) groups excluding carboxylic acids is 2. The normalized spacial score (nSPS) is 13.5. The lowest BCUT2D eigenvalue weighted by Crippen LogP contribution is -2.45. The van der Waals surface area contributed by atoms with E-state index in [1.807, 2.05) is 67.7 Å². The molecule has 2 amide bonds. The molecule has 1 aliphatic rings. The van der Waals surface area contributed by atoms with Crippen molar-refractivity contribution in [2.75, 3.05) is 57.9 Å². The Balaban J connectivity index is 1.41. The molecule has 2 heterocycles. The molecule has 1 aromatic heterocycles. The van der Waals surface area contributed by atoms with E-state index in [1.165, 1.54) is 11.0 Å². The summed E-state index contributed by atoms with van der Waals surface area (Å²) >= 11 is 12.5. The van der Waals surface area contributed by atoms with Gasteiger partial charge in [0.05, 0.1) is 41.8 Å². The van der Waals surface area contributed by atoms with E-state index in [1.54, 1.807) is 16.7 Å². The zero-order chi connectivity index (χ0) is 30.2. The maximum absolute atomic E-state index is 13.7. The number of hydrogen-bond acceptors (Lipinski definition) is 6. The van der Waals surface area contributed by atoms with E-state index >= 15 is 0 Å². The Hall–Kier alpha value is -3.89. The van der Waals surface area contributed by atoms with E-state index in [4.69, 9.17) is 37.7 Å². The topological polar surface area (TPSA) is 88.9 Å². The molecule has 0 atom stereocenters. The number of amides is 2. The lowest BCUT2D eigenvalue weighted by atomic mass is 10.2. The number of ether oxygens (including phenoxy) is 2. The molecule has 0 unspecified atom stereocenters. The number of hydrogen-bond donors (Lipinski definition) is 1. The highest BCUT2D eigenvalue weighted by atomic mass is 35.5. The minimum Gasteiger partial charge on any atom is -0.494 e. The third-order valence-corrected chi connectivity index (χ3v) is 7.55. The third kappa shape index (κ3) is 7.94. The summed E-state index contributed by atoms with van der Waals surface area (Å²) in [6.45, 7) is 5.95. The van der Waals surface area contributed by atoms with E-state index in [9.17, 15) is 9.59 Å². The van der Waals surface area contributed by atoms with Gasteiger partial charge in [0, 0.05) is 49.0 Å². The van der Waals surface area contributed by atoms with Crippen molar-refractivity contribution in [1.82, 2.24) is 19.4 Å². The largest absolute Gasteiger partial charge is 0.494 e. The quantitative estimate of drug-likeness (QED) is 0.232. The molecule has 0 aliphatic carbocycles. The number of imidazole rings is 1. The number of nitrogens with zero attached hydrogens (tertiary/aromatic N) is 4. The first kappa shape index (κ1) is 30.6. The van der Waals surface area contributed by atoms with Crippen LogP contribution in [0.3, 0.4) is 0 Å². The van der Waals surface area contributed by atoms with Gasteiger partial charge in [0.2, 0.25) is 11.9 Å². The van der Waals surface area contributed by atoms with Crippen LogP contribution >= 0.6 is 23.2 Å². The first-order valence-electron chi connectivity index (χ1n) is 14.1. The highest BCUT2D eigenvalue weighted by Gasteiger charge is 2.24. The van der Waals surface area contributed by atoms with Crippen LogP contribution in [0.25, 0.3) is 16.9 Å². The van der Waals surface area contributed by atoms with Gasteiger partial charge in [-0.1, -0.05) is 59.6 Å². The van der Waals surface area contributed by atoms with E-state index in [2.05, 4.69) is 10.2 Å². The van der Waals surface area contributed by atoms with Crippen molar-refractivity contribution >= 4 is 41.0 Å². The van der Waals surface area contributed by atoms with E-state index < -0.39 is 5.91 Å². The highest BCUT2D eigenvalue weighted by Crippen LogP contribution is 2.27. The Kier molecular flexibility index (Phi) is 10.3. The molecule has 224 valence electrons. The minimum absolute atomic E-state index is 0.200. The summed E-state index contributed by atoms with van der Waals surface area (Å²) in [5.41, 5.74) is 2.63. The monoisotopic (exact) mass is 621 g/mol. The second kappa shape index (κ2) is 14.5. The average molecular weight is 623 g/mol. The third-order valence-electron chi connectivity index (χ3n) is 7.01. The van der Waals surface area contributed by atoms with Crippen molar-refractivity contribution in [1.29, 1.82) is 0 Å². The van der Waals surface area contributed by atoms with E-state index in [-0.39, 0.29) is 23.0 Å². The summed E-state index contributed by atoms with van der Waals surface area (Å²) < 4.78 is 13.0. The standard InChI is InChI=1S/C32H33Cl2N5O4/c1-2-43-26-10-6-9-25(20-26)39-21-29(23-7-4-3-5-8-23)35-32(39)36-30(40)22-38(14-13-37-15-17-42-18-16-37)31(41)27-12-11-24(33)19-28(27)34/h3-12,19-21H,2,13-18,22H2,1H3,(H,35,36,40). The van der Waals surface area contributed by atoms with Crippen LogP contribution in [0.4, 0.5) is 5.95 Å². The summed E-state index contributed by atoms with van der Waals surface area (Å²) in [5, 5.41) is 3.59. The summed E-state index contributed by atoms with van der Waals surface area (Å²) in [6.07, 6.45) is 1.87. The summed E-state index contributed by atoms with van der Waals surface area (Å²) in [5.74, 6) is 0.269. The number of benzene rings is 3. The SMILES string of the molecule is CCOc1cccc(-n2cc(-c3ccccc3)nc2NC(=O)CN(CCN2CCOCC2)C(=O)c2ccc(Cl)cc2Cl)c1. The maximum Gasteiger partial charge on any atom is 0.255 e. The summed E-state index contributed by atoms with van der Waals surface area (Å²) in [4.78, 5) is 35.7. The summed E-state index contributed by atoms with van der Waals surface area (Å²) in [7, 11) is 0. The molecule has 3 aromatic carbocycles. The zero-order valence-electron chi connectivity index (χ0n) is 23.8. The van der Waals surface area contributed by atoms with Crippen LogP contribution in [0.5, 0.6) is 5.75 Å². The molecular weight excluding hydrogens is 589 g/mol. The Morgan fingerprint density at radius 2 is 1.81 bits per heavy atom. The van der Waals surface area contributed by atoms with Gasteiger partial charge in [0.15, 0.2) is 0 Å². The number of carbonyl (C=O) groups is 2. The second-order valence-corrected chi connectivity index (χ2v) is 10.8. The molecule has 0 saturated carbocycles. The van der Waals surface area contributed by atoms with Gasteiger partial charge in [0.25, 0.3) is 5.91 Å². The van der Waals surface area contributed by atoms with Gasteiger partial charge in [-0.3, -0.25) is 24.4 Å². The van der Waals surface area contributed by atoms with Crippen LogP contribution in [0, 0.1) is 0 Å². The number of morpholine rings is 1. The predicted molar refractivity (Wildman–Crippen MR) is 168 cm³/mol. The fourth-order valence-electron chi connectivity index (χ4n) is 4.81. The Bertz CT molecular complexity index is 1560. The van der Waals surface area contributed by atoms with Crippen molar-refractivity contribution < 1.29 is 19.1 Å². The average Bonchev–Trinajstić information content (AvgIpc) is 3.44. The van der Waals surface area contributed by atoms with Crippen LogP contribution < -0.4 is 10.1 Å². The highest BCUT2D eigenvalue weighted by molar-refractivity contribution is 6.36. The van der Waals surface area contributed by atoms with Crippen LogP contribution in [0.2, 0.25) is 10.0 Å². The van der Waals surface area contributed by atoms with Crippen molar-refractivity contribution in [2.45, 2.75) is 6.92 Å². The van der Waals surface area contributed by atoms with Crippen LogP contribution in [-0.2, 0) is 9.53 Å². The Morgan fingerprint density at radius 1 is 1.02 bits per heavy atom. The molecule has 1 aliphatic heterocycles.